The lowest BCUT2D eigenvalue weighted by atomic mass is 10.1. The quantitative estimate of drug-likeness (QED) is 0.770. The molecule has 3 nitrogen and oxygen atoms in total. The first-order valence-electron chi connectivity index (χ1n) is 5.99. The highest BCUT2D eigenvalue weighted by molar-refractivity contribution is 5.03. The van der Waals surface area contributed by atoms with Gasteiger partial charge in [-0.1, -0.05) is 6.58 Å². The fraction of sp³-hybridized carbons (Fsp3) is 0.571. The number of nitrogens with zero attached hydrogens (tertiary/aromatic N) is 1. The highest BCUT2D eigenvalue weighted by Crippen LogP contribution is 2.06. The summed E-state index contributed by atoms with van der Waals surface area (Å²) in [5.74, 6) is 0.990. The minimum absolute atomic E-state index is 0.141. The number of likely N-dealkylation sites (N-methyl/N-ethyl adjacent to an activating group) is 1. The first-order chi connectivity index (χ1) is 7.87. The molecule has 0 saturated carbocycles. The number of rotatable bonds is 6. The topological polar surface area (TPSA) is 28.4 Å². The fourth-order valence-corrected chi connectivity index (χ4v) is 1.55. The van der Waals surface area contributed by atoms with Crippen molar-refractivity contribution in [1.82, 2.24) is 10.2 Å². The Kier molecular flexibility index (Phi) is 4.97. The van der Waals surface area contributed by atoms with Crippen molar-refractivity contribution in [3.8, 4) is 0 Å². The standard InChI is InChI=1S/C14H24N2O/c1-12(9-15-14(2,3)4)10-16(5)11-13-7-6-8-17-13/h6-8,15H,1,9-11H2,2-5H3. The summed E-state index contributed by atoms with van der Waals surface area (Å²) in [4.78, 5) is 2.20. The Morgan fingerprint density at radius 3 is 2.71 bits per heavy atom. The Balaban J connectivity index is 2.26. The van der Waals surface area contributed by atoms with Gasteiger partial charge in [-0.3, -0.25) is 4.90 Å². The summed E-state index contributed by atoms with van der Waals surface area (Å²) >= 11 is 0. The lowest BCUT2D eigenvalue weighted by molar-refractivity contribution is 0.312. The van der Waals surface area contributed by atoms with Gasteiger partial charge in [-0.05, 0) is 45.5 Å². The molecule has 0 fully saturated rings. The molecule has 1 heterocycles. The second-order valence-electron chi connectivity index (χ2n) is 5.61. The molecule has 3 heteroatoms. The highest BCUT2D eigenvalue weighted by Gasteiger charge is 2.10. The zero-order valence-electron chi connectivity index (χ0n) is 11.4. The maximum atomic E-state index is 5.31. The van der Waals surface area contributed by atoms with Gasteiger partial charge in [0.1, 0.15) is 5.76 Å². The maximum Gasteiger partial charge on any atom is 0.117 e. The summed E-state index contributed by atoms with van der Waals surface area (Å²) in [6.07, 6.45) is 1.71. The predicted molar refractivity (Wildman–Crippen MR) is 71.9 cm³/mol. The van der Waals surface area contributed by atoms with Crippen LogP contribution in [0.4, 0.5) is 0 Å². The van der Waals surface area contributed by atoms with E-state index in [9.17, 15) is 0 Å². The summed E-state index contributed by atoms with van der Waals surface area (Å²) in [5, 5.41) is 3.44. The monoisotopic (exact) mass is 236 g/mol. The normalized spacial score (nSPS) is 12.1. The summed E-state index contributed by atoms with van der Waals surface area (Å²) < 4.78 is 5.31. The fourth-order valence-electron chi connectivity index (χ4n) is 1.55. The molecule has 1 aromatic rings. The molecule has 0 aromatic carbocycles. The van der Waals surface area contributed by atoms with Crippen LogP contribution in [0.2, 0.25) is 0 Å². The maximum absolute atomic E-state index is 5.31. The minimum atomic E-state index is 0.141. The van der Waals surface area contributed by atoms with Crippen LogP contribution in [0.1, 0.15) is 26.5 Å². The van der Waals surface area contributed by atoms with Gasteiger partial charge in [0.25, 0.3) is 0 Å². The van der Waals surface area contributed by atoms with Gasteiger partial charge in [-0.15, -0.1) is 0 Å². The van der Waals surface area contributed by atoms with E-state index in [0.717, 1.165) is 25.4 Å². The number of hydrogen-bond donors (Lipinski definition) is 1. The molecule has 0 saturated heterocycles. The van der Waals surface area contributed by atoms with Gasteiger partial charge < -0.3 is 9.73 Å². The van der Waals surface area contributed by atoms with Crippen LogP contribution in [0.15, 0.2) is 35.0 Å². The van der Waals surface area contributed by atoms with Gasteiger partial charge in [0.05, 0.1) is 12.8 Å². The van der Waals surface area contributed by atoms with Crippen molar-refractivity contribution in [2.45, 2.75) is 32.9 Å². The zero-order valence-corrected chi connectivity index (χ0v) is 11.4. The van der Waals surface area contributed by atoms with E-state index in [1.807, 2.05) is 12.1 Å². The number of nitrogens with one attached hydrogen (secondary N) is 1. The van der Waals surface area contributed by atoms with Crippen molar-refractivity contribution >= 4 is 0 Å². The second kappa shape index (κ2) is 6.03. The molecule has 1 N–H and O–H groups in total. The van der Waals surface area contributed by atoms with E-state index in [-0.39, 0.29) is 5.54 Å². The van der Waals surface area contributed by atoms with Crippen LogP contribution in [-0.2, 0) is 6.54 Å². The molecule has 0 aliphatic carbocycles. The molecule has 0 atom stereocenters. The summed E-state index contributed by atoms with van der Waals surface area (Å²) in [6.45, 7) is 13.1. The molecular weight excluding hydrogens is 212 g/mol. The molecule has 1 rings (SSSR count). The van der Waals surface area contributed by atoms with Crippen molar-refractivity contribution in [3.63, 3.8) is 0 Å². The van der Waals surface area contributed by atoms with Crippen LogP contribution in [-0.4, -0.2) is 30.6 Å². The minimum Gasteiger partial charge on any atom is -0.468 e. The van der Waals surface area contributed by atoms with Gasteiger partial charge in [0.15, 0.2) is 0 Å². The molecule has 0 aliphatic rings. The van der Waals surface area contributed by atoms with E-state index in [4.69, 9.17) is 4.42 Å². The van der Waals surface area contributed by atoms with E-state index < -0.39 is 0 Å². The van der Waals surface area contributed by atoms with Crippen molar-refractivity contribution in [1.29, 1.82) is 0 Å². The zero-order chi connectivity index (χ0) is 12.9. The third-order valence-corrected chi connectivity index (χ3v) is 2.37. The van der Waals surface area contributed by atoms with E-state index in [1.54, 1.807) is 6.26 Å². The smallest absolute Gasteiger partial charge is 0.117 e. The summed E-state index contributed by atoms with van der Waals surface area (Å²) in [5.41, 5.74) is 1.33. The van der Waals surface area contributed by atoms with E-state index >= 15 is 0 Å². The van der Waals surface area contributed by atoms with Crippen molar-refractivity contribution in [2.75, 3.05) is 20.1 Å². The predicted octanol–water partition coefficient (Wildman–Crippen LogP) is 2.66. The van der Waals surface area contributed by atoms with Crippen LogP contribution in [0.5, 0.6) is 0 Å². The Hall–Kier alpha value is -1.06. The molecule has 1 aromatic heterocycles. The van der Waals surface area contributed by atoms with Crippen LogP contribution in [0, 0.1) is 0 Å². The third kappa shape index (κ3) is 6.29. The Morgan fingerprint density at radius 1 is 1.47 bits per heavy atom. The van der Waals surface area contributed by atoms with Gasteiger partial charge in [0, 0.05) is 18.6 Å². The van der Waals surface area contributed by atoms with Crippen LogP contribution in [0.25, 0.3) is 0 Å². The molecule has 0 unspecified atom stereocenters. The number of hydrogen-bond acceptors (Lipinski definition) is 3. The third-order valence-electron chi connectivity index (χ3n) is 2.37. The molecule has 0 bridgehead atoms. The van der Waals surface area contributed by atoms with Crippen LogP contribution >= 0.6 is 0 Å². The first-order valence-corrected chi connectivity index (χ1v) is 5.99. The highest BCUT2D eigenvalue weighted by atomic mass is 16.3. The van der Waals surface area contributed by atoms with Crippen molar-refractivity contribution in [2.24, 2.45) is 0 Å². The summed E-state index contributed by atoms with van der Waals surface area (Å²) in [7, 11) is 2.07. The van der Waals surface area contributed by atoms with Crippen LogP contribution < -0.4 is 5.32 Å². The number of furan rings is 1. The van der Waals surface area contributed by atoms with Crippen LogP contribution in [0.3, 0.4) is 0 Å². The average molecular weight is 236 g/mol. The Morgan fingerprint density at radius 2 is 2.18 bits per heavy atom. The molecule has 96 valence electrons. The van der Waals surface area contributed by atoms with Gasteiger partial charge in [-0.25, -0.2) is 0 Å². The van der Waals surface area contributed by atoms with Crippen molar-refractivity contribution in [3.05, 3.63) is 36.3 Å². The molecule has 0 radical (unpaired) electrons. The molecule has 0 aliphatic heterocycles. The largest absolute Gasteiger partial charge is 0.468 e. The Bertz CT molecular complexity index is 336. The first kappa shape index (κ1) is 14.0. The van der Waals surface area contributed by atoms with E-state index in [1.165, 1.54) is 5.57 Å². The van der Waals surface area contributed by atoms with Gasteiger partial charge in [0.2, 0.25) is 0 Å². The lowest BCUT2D eigenvalue weighted by Crippen LogP contribution is -2.38. The van der Waals surface area contributed by atoms with Gasteiger partial charge in [-0.2, -0.15) is 0 Å². The second-order valence-corrected chi connectivity index (χ2v) is 5.61. The average Bonchev–Trinajstić information content (AvgIpc) is 2.66. The lowest BCUT2D eigenvalue weighted by Gasteiger charge is -2.23. The SMILES string of the molecule is C=C(CNC(C)(C)C)CN(C)Cc1ccco1. The molecule has 17 heavy (non-hydrogen) atoms. The molecular formula is C14H24N2O. The van der Waals surface area contributed by atoms with Crippen molar-refractivity contribution < 1.29 is 4.42 Å². The van der Waals surface area contributed by atoms with Gasteiger partial charge >= 0.3 is 0 Å². The molecule has 0 amide bonds. The summed E-state index contributed by atoms with van der Waals surface area (Å²) in [6, 6.07) is 3.91. The van der Waals surface area contributed by atoms with E-state index in [0.29, 0.717) is 0 Å². The Labute approximate surface area is 104 Å². The van der Waals surface area contributed by atoms with E-state index in [2.05, 4.69) is 44.6 Å². The molecule has 0 spiro atoms.